The molecule has 1 heterocycles. The third-order valence-corrected chi connectivity index (χ3v) is 4.26. The van der Waals surface area contributed by atoms with Crippen molar-refractivity contribution in [3.05, 3.63) is 71.3 Å². The van der Waals surface area contributed by atoms with Gasteiger partial charge >= 0.3 is 0 Å². The van der Waals surface area contributed by atoms with Gasteiger partial charge in [-0.1, -0.05) is 30.3 Å². The lowest BCUT2D eigenvalue weighted by atomic mass is 10.0. The zero-order valence-corrected chi connectivity index (χ0v) is 13.5. The highest BCUT2D eigenvalue weighted by atomic mass is 19.1. The summed E-state index contributed by atoms with van der Waals surface area (Å²) in [5.41, 5.74) is 1.06. The molecule has 3 atom stereocenters. The van der Waals surface area contributed by atoms with Crippen LogP contribution in [0.25, 0.3) is 0 Å². The number of benzene rings is 2. The van der Waals surface area contributed by atoms with Gasteiger partial charge in [-0.25, -0.2) is 8.78 Å². The molecule has 3 unspecified atom stereocenters. The number of halogens is 2. The van der Waals surface area contributed by atoms with Gasteiger partial charge in [-0.15, -0.1) is 0 Å². The average molecular weight is 333 g/mol. The first kappa shape index (κ1) is 17.0. The van der Waals surface area contributed by atoms with Crippen LogP contribution in [-0.4, -0.2) is 35.7 Å². The average Bonchev–Trinajstić information content (AvgIpc) is 2.57. The minimum atomic E-state index is -1.08. The Hall–Kier alpha value is -1.82. The van der Waals surface area contributed by atoms with E-state index in [4.69, 9.17) is 4.74 Å². The summed E-state index contributed by atoms with van der Waals surface area (Å²) in [4.78, 5) is 2.03. The van der Waals surface area contributed by atoms with Crippen molar-refractivity contribution in [1.82, 2.24) is 4.90 Å². The van der Waals surface area contributed by atoms with E-state index in [0.29, 0.717) is 13.1 Å². The lowest BCUT2D eigenvalue weighted by Gasteiger charge is -2.38. The molecule has 0 bridgehead atoms. The van der Waals surface area contributed by atoms with Crippen molar-refractivity contribution in [3.63, 3.8) is 0 Å². The van der Waals surface area contributed by atoms with Crippen LogP contribution in [0.3, 0.4) is 0 Å². The maximum absolute atomic E-state index is 13.8. The van der Waals surface area contributed by atoms with Crippen LogP contribution in [0, 0.1) is 11.6 Å². The van der Waals surface area contributed by atoms with Gasteiger partial charge in [0, 0.05) is 25.2 Å². The fraction of sp³-hybridized carbons (Fsp3) is 0.368. The van der Waals surface area contributed by atoms with E-state index < -0.39 is 17.7 Å². The lowest BCUT2D eigenvalue weighted by Crippen LogP contribution is -2.44. The van der Waals surface area contributed by atoms with E-state index in [1.807, 2.05) is 42.2 Å². The second-order valence-corrected chi connectivity index (χ2v) is 6.25. The monoisotopic (exact) mass is 333 g/mol. The summed E-state index contributed by atoms with van der Waals surface area (Å²) in [7, 11) is 0. The number of hydrogen-bond acceptors (Lipinski definition) is 3. The highest BCUT2D eigenvalue weighted by Crippen LogP contribution is 2.27. The maximum Gasteiger partial charge on any atom is 0.129 e. The summed E-state index contributed by atoms with van der Waals surface area (Å²) in [5.74, 6) is -1.15. The van der Waals surface area contributed by atoms with E-state index in [2.05, 4.69) is 0 Å². The van der Waals surface area contributed by atoms with E-state index in [0.717, 1.165) is 23.8 Å². The Morgan fingerprint density at radius 3 is 2.67 bits per heavy atom. The topological polar surface area (TPSA) is 32.7 Å². The third-order valence-electron chi connectivity index (χ3n) is 4.26. The van der Waals surface area contributed by atoms with Crippen molar-refractivity contribution in [2.24, 2.45) is 0 Å². The number of nitrogens with zero attached hydrogens (tertiary/aromatic N) is 1. The first-order valence-corrected chi connectivity index (χ1v) is 8.08. The van der Waals surface area contributed by atoms with Crippen LogP contribution in [-0.2, 0) is 4.74 Å². The van der Waals surface area contributed by atoms with E-state index >= 15 is 0 Å². The molecule has 5 heteroatoms. The van der Waals surface area contributed by atoms with E-state index in [1.54, 1.807) is 0 Å². The number of rotatable bonds is 4. The van der Waals surface area contributed by atoms with Crippen molar-refractivity contribution in [2.45, 2.75) is 25.2 Å². The molecule has 0 amide bonds. The molecule has 0 saturated carbocycles. The molecule has 0 aliphatic carbocycles. The summed E-state index contributed by atoms with van der Waals surface area (Å²) < 4.78 is 33.1. The fourth-order valence-corrected chi connectivity index (χ4v) is 3.15. The van der Waals surface area contributed by atoms with Gasteiger partial charge in [0.25, 0.3) is 0 Å². The van der Waals surface area contributed by atoms with E-state index in [1.165, 1.54) is 0 Å². The molecule has 0 radical (unpaired) electrons. The molecule has 1 fully saturated rings. The molecular weight excluding hydrogens is 312 g/mol. The highest BCUT2D eigenvalue weighted by Gasteiger charge is 2.28. The zero-order valence-electron chi connectivity index (χ0n) is 13.5. The third kappa shape index (κ3) is 3.98. The van der Waals surface area contributed by atoms with Crippen LogP contribution in [0.15, 0.2) is 48.5 Å². The molecule has 24 heavy (non-hydrogen) atoms. The standard InChI is InChI=1S/C19H21F2NO2/c1-13-10-22(12-19(24-13)14-5-3-2-4-6-14)11-18(23)16-9-15(20)7-8-17(16)21/h2-9,13,18-19,23H,10-12H2,1H3. The first-order valence-electron chi connectivity index (χ1n) is 8.08. The van der Waals surface area contributed by atoms with Crippen molar-refractivity contribution >= 4 is 0 Å². The minimum Gasteiger partial charge on any atom is -0.387 e. The Balaban J connectivity index is 1.71. The highest BCUT2D eigenvalue weighted by molar-refractivity contribution is 5.22. The quantitative estimate of drug-likeness (QED) is 0.930. The van der Waals surface area contributed by atoms with Crippen molar-refractivity contribution in [1.29, 1.82) is 0 Å². The summed E-state index contributed by atoms with van der Waals surface area (Å²) in [6, 6.07) is 13.0. The number of aliphatic hydroxyl groups excluding tert-OH is 1. The number of ether oxygens (including phenoxy) is 1. The van der Waals surface area contributed by atoms with Gasteiger partial charge in [0.05, 0.1) is 18.3 Å². The van der Waals surface area contributed by atoms with Gasteiger partial charge in [-0.05, 0) is 30.7 Å². The summed E-state index contributed by atoms with van der Waals surface area (Å²) >= 11 is 0. The molecule has 3 nitrogen and oxygen atoms in total. The van der Waals surface area contributed by atoms with Crippen LogP contribution in [0.5, 0.6) is 0 Å². The Morgan fingerprint density at radius 1 is 1.17 bits per heavy atom. The van der Waals surface area contributed by atoms with Crippen LogP contribution in [0.1, 0.15) is 30.3 Å². The van der Waals surface area contributed by atoms with Crippen molar-refractivity contribution in [2.75, 3.05) is 19.6 Å². The molecule has 1 saturated heterocycles. The number of morpholine rings is 1. The van der Waals surface area contributed by atoms with Crippen LogP contribution < -0.4 is 0 Å². The molecule has 2 aromatic carbocycles. The Bertz CT molecular complexity index is 680. The summed E-state index contributed by atoms with van der Waals surface area (Å²) in [5, 5.41) is 10.3. The molecule has 0 aromatic heterocycles. The molecule has 1 aliphatic heterocycles. The van der Waals surface area contributed by atoms with Crippen LogP contribution >= 0.6 is 0 Å². The van der Waals surface area contributed by atoms with Crippen LogP contribution in [0.4, 0.5) is 8.78 Å². The Labute approximate surface area is 140 Å². The molecule has 1 aliphatic rings. The van der Waals surface area contributed by atoms with Crippen molar-refractivity contribution < 1.29 is 18.6 Å². The van der Waals surface area contributed by atoms with Gasteiger partial charge in [0.15, 0.2) is 0 Å². The molecule has 3 rings (SSSR count). The number of β-amino-alcohol motifs (C(OH)–C–C–N with tert-alkyl or cyclic N) is 1. The molecule has 0 spiro atoms. The Kier molecular flexibility index (Phi) is 5.23. The predicted octanol–water partition coefficient (Wildman–Crippen LogP) is 3.46. The SMILES string of the molecule is CC1CN(CC(O)c2cc(F)ccc2F)CC(c2ccccc2)O1. The molecule has 2 aromatic rings. The second kappa shape index (κ2) is 7.38. The Morgan fingerprint density at radius 2 is 1.92 bits per heavy atom. The molecule has 1 N–H and O–H groups in total. The van der Waals surface area contributed by atoms with E-state index in [9.17, 15) is 13.9 Å². The van der Waals surface area contributed by atoms with Gasteiger partial charge in [-0.2, -0.15) is 0 Å². The molecular formula is C19H21F2NO2. The minimum absolute atomic E-state index is 0.00601. The first-order chi connectivity index (χ1) is 11.5. The second-order valence-electron chi connectivity index (χ2n) is 6.25. The maximum atomic E-state index is 13.8. The fourth-order valence-electron chi connectivity index (χ4n) is 3.15. The normalized spacial score (nSPS) is 23.2. The van der Waals surface area contributed by atoms with Gasteiger partial charge < -0.3 is 9.84 Å². The van der Waals surface area contributed by atoms with E-state index in [-0.39, 0.29) is 24.3 Å². The van der Waals surface area contributed by atoms with Crippen molar-refractivity contribution in [3.8, 4) is 0 Å². The number of aliphatic hydroxyl groups is 1. The van der Waals surface area contributed by atoms with Crippen LogP contribution in [0.2, 0.25) is 0 Å². The van der Waals surface area contributed by atoms with Gasteiger partial charge in [-0.3, -0.25) is 4.90 Å². The summed E-state index contributed by atoms with van der Waals surface area (Å²) in [6.45, 7) is 3.44. The largest absolute Gasteiger partial charge is 0.387 e. The van der Waals surface area contributed by atoms with Gasteiger partial charge in [0.2, 0.25) is 0 Å². The zero-order chi connectivity index (χ0) is 17.1. The smallest absolute Gasteiger partial charge is 0.129 e. The number of hydrogen-bond donors (Lipinski definition) is 1. The molecule has 128 valence electrons. The summed E-state index contributed by atoms with van der Waals surface area (Å²) in [6.07, 6.45) is -1.18. The predicted molar refractivity (Wildman–Crippen MR) is 87.5 cm³/mol. The van der Waals surface area contributed by atoms with Gasteiger partial charge in [0.1, 0.15) is 11.6 Å². The lowest BCUT2D eigenvalue weighted by molar-refractivity contribution is -0.0871.